The second kappa shape index (κ2) is 7.62. The van der Waals surface area contributed by atoms with E-state index in [2.05, 4.69) is 10.3 Å². The second-order valence-electron chi connectivity index (χ2n) is 4.82. The molecule has 0 saturated carbocycles. The minimum atomic E-state index is -0.208. The van der Waals surface area contributed by atoms with E-state index in [9.17, 15) is 4.79 Å². The number of halogens is 3. The Hall–Kier alpha value is -0.850. The van der Waals surface area contributed by atoms with Crippen molar-refractivity contribution in [3.63, 3.8) is 0 Å². The summed E-state index contributed by atoms with van der Waals surface area (Å²) in [7, 11) is 1.85. The molecule has 0 radical (unpaired) electrons. The molecule has 1 amide bonds. The van der Waals surface area contributed by atoms with Gasteiger partial charge in [0.15, 0.2) is 0 Å². The number of nitrogens with zero attached hydrogens (tertiary/aromatic N) is 2. The standard InChI is InChI=1S/C14H14Cl3N3OS/c1-8-18-10(7-22-8)5-20(2)6-13(21)19-14-11(16)3-9(15)4-12(14)17/h3-4,7H,5-6H2,1-2H3,(H,19,21). The fraction of sp³-hybridized carbons (Fsp3) is 0.286. The lowest BCUT2D eigenvalue weighted by Gasteiger charge is -2.16. The molecule has 0 bridgehead atoms. The van der Waals surface area contributed by atoms with E-state index in [0.717, 1.165) is 10.7 Å². The number of aryl methyl sites for hydroxylation is 1. The monoisotopic (exact) mass is 377 g/mol. The van der Waals surface area contributed by atoms with Crippen molar-refractivity contribution < 1.29 is 4.79 Å². The summed E-state index contributed by atoms with van der Waals surface area (Å²) in [5.74, 6) is -0.208. The maximum absolute atomic E-state index is 12.1. The molecular weight excluding hydrogens is 365 g/mol. The highest BCUT2D eigenvalue weighted by molar-refractivity contribution is 7.09. The Morgan fingerprint density at radius 3 is 2.50 bits per heavy atom. The highest BCUT2D eigenvalue weighted by atomic mass is 35.5. The second-order valence-corrected chi connectivity index (χ2v) is 7.14. The Labute approximate surface area is 148 Å². The first kappa shape index (κ1) is 17.5. The van der Waals surface area contributed by atoms with Gasteiger partial charge in [0.25, 0.3) is 0 Å². The predicted octanol–water partition coefficient (Wildman–Crippen LogP) is 4.48. The molecule has 22 heavy (non-hydrogen) atoms. The average molecular weight is 379 g/mol. The first-order valence-electron chi connectivity index (χ1n) is 6.39. The quantitative estimate of drug-likeness (QED) is 0.834. The molecule has 0 aliphatic heterocycles. The van der Waals surface area contributed by atoms with E-state index in [1.807, 2.05) is 24.3 Å². The lowest BCUT2D eigenvalue weighted by atomic mass is 10.3. The molecule has 118 valence electrons. The van der Waals surface area contributed by atoms with Crippen LogP contribution >= 0.6 is 46.1 Å². The van der Waals surface area contributed by atoms with Gasteiger partial charge >= 0.3 is 0 Å². The maximum Gasteiger partial charge on any atom is 0.238 e. The summed E-state index contributed by atoms with van der Waals surface area (Å²) in [6.07, 6.45) is 0. The molecule has 0 unspecified atom stereocenters. The van der Waals surface area contributed by atoms with Gasteiger partial charge in [-0.3, -0.25) is 9.69 Å². The molecule has 0 saturated heterocycles. The number of rotatable bonds is 5. The predicted molar refractivity (Wildman–Crippen MR) is 93.3 cm³/mol. The van der Waals surface area contributed by atoms with Crippen LogP contribution in [0.3, 0.4) is 0 Å². The minimum absolute atomic E-state index is 0.200. The molecule has 4 nitrogen and oxygen atoms in total. The van der Waals surface area contributed by atoms with E-state index in [-0.39, 0.29) is 12.5 Å². The highest BCUT2D eigenvalue weighted by Crippen LogP contribution is 2.33. The van der Waals surface area contributed by atoms with E-state index < -0.39 is 0 Å². The average Bonchev–Trinajstić information content (AvgIpc) is 2.79. The van der Waals surface area contributed by atoms with Crippen LogP contribution in [0.4, 0.5) is 5.69 Å². The maximum atomic E-state index is 12.1. The molecule has 0 atom stereocenters. The van der Waals surface area contributed by atoms with Crippen molar-refractivity contribution in [2.24, 2.45) is 0 Å². The molecule has 0 fully saturated rings. The van der Waals surface area contributed by atoms with Gasteiger partial charge in [0.2, 0.25) is 5.91 Å². The van der Waals surface area contributed by atoms with Crippen LogP contribution in [0.5, 0.6) is 0 Å². The number of hydrogen-bond donors (Lipinski definition) is 1. The van der Waals surface area contributed by atoms with Crippen molar-refractivity contribution in [2.75, 3.05) is 18.9 Å². The molecule has 8 heteroatoms. The fourth-order valence-electron chi connectivity index (χ4n) is 1.90. The Bertz CT molecular complexity index is 667. The van der Waals surface area contributed by atoms with Crippen molar-refractivity contribution in [1.29, 1.82) is 0 Å². The molecule has 0 aliphatic carbocycles. The van der Waals surface area contributed by atoms with Crippen LogP contribution in [-0.2, 0) is 11.3 Å². The number of likely N-dealkylation sites (N-methyl/N-ethyl adjacent to an activating group) is 1. The van der Waals surface area contributed by atoms with Gasteiger partial charge < -0.3 is 5.32 Å². The Kier molecular flexibility index (Phi) is 6.06. The summed E-state index contributed by atoms with van der Waals surface area (Å²) >= 11 is 19.5. The number of carbonyl (C=O) groups is 1. The van der Waals surface area contributed by atoms with Crippen molar-refractivity contribution in [3.8, 4) is 0 Å². The molecule has 1 heterocycles. The van der Waals surface area contributed by atoms with Crippen molar-refractivity contribution in [2.45, 2.75) is 13.5 Å². The third-order valence-electron chi connectivity index (χ3n) is 2.78. The molecular formula is C14H14Cl3N3OS. The van der Waals surface area contributed by atoms with Gasteiger partial charge in [0, 0.05) is 16.9 Å². The summed E-state index contributed by atoms with van der Waals surface area (Å²) in [5, 5.41) is 6.73. The number of anilines is 1. The normalized spacial score (nSPS) is 11.0. The number of thiazole rings is 1. The van der Waals surface area contributed by atoms with Gasteiger partial charge in [-0.2, -0.15) is 0 Å². The van der Waals surface area contributed by atoms with Crippen LogP contribution in [0.1, 0.15) is 10.7 Å². The molecule has 2 aromatic rings. The zero-order chi connectivity index (χ0) is 16.3. The van der Waals surface area contributed by atoms with Crippen molar-refractivity contribution in [3.05, 3.63) is 43.3 Å². The molecule has 1 N–H and O–H groups in total. The fourth-order valence-corrected chi connectivity index (χ4v) is 3.41. The topological polar surface area (TPSA) is 45.2 Å². The first-order valence-corrected chi connectivity index (χ1v) is 8.40. The minimum Gasteiger partial charge on any atom is -0.322 e. The van der Waals surface area contributed by atoms with Crippen molar-refractivity contribution >= 4 is 57.7 Å². The van der Waals surface area contributed by atoms with E-state index in [0.29, 0.717) is 27.3 Å². The first-order chi connectivity index (χ1) is 10.3. The van der Waals surface area contributed by atoms with Crippen LogP contribution in [0, 0.1) is 6.92 Å². The van der Waals surface area contributed by atoms with Crippen LogP contribution in [0.2, 0.25) is 15.1 Å². The smallest absolute Gasteiger partial charge is 0.238 e. The molecule has 0 aliphatic rings. The van der Waals surface area contributed by atoms with E-state index in [1.54, 1.807) is 11.3 Å². The summed E-state index contributed by atoms with van der Waals surface area (Å²) in [5.41, 5.74) is 1.32. The summed E-state index contributed by atoms with van der Waals surface area (Å²) in [6.45, 7) is 2.75. The Balaban J connectivity index is 1.95. The summed E-state index contributed by atoms with van der Waals surface area (Å²) in [6, 6.07) is 3.07. The summed E-state index contributed by atoms with van der Waals surface area (Å²) in [4.78, 5) is 18.3. The van der Waals surface area contributed by atoms with E-state index in [4.69, 9.17) is 34.8 Å². The highest BCUT2D eigenvalue weighted by Gasteiger charge is 2.13. The van der Waals surface area contributed by atoms with Crippen molar-refractivity contribution in [1.82, 2.24) is 9.88 Å². The van der Waals surface area contributed by atoms with Gasteiger partial charge in [-0.05, 0) is 26.1 Å². The van der Waals surface area contributed by atoms with Gasteiger partial charge in [0.1, 0.15) is 0 Å². The van der Waals surface area contributed by atoms with Gasteiger partial charge in [-0.25, -0.2) is 4.98 Å². The van der Waals surface area contributed by atoms with E-state index >= 15 is 0 Å². The molecule has 2 rings (SSSR count). The Morgan fingerprint density at radius 1 is 1.32 bits per heavy atom. The SMILES string of the molecule is Cc1nc(CN(C)CC(=O)Nc2c(Cl)cc(Cl)cc2Cl)cs1. The molecule has 1 aromatic heterocycles. The largest absolute Gasteiger partial charge is 0.322 e. The van der Waals surface area contributed by atoms with Crippen LogP contribution < -0.4 is 5.32 Å². The lowest BCUT2D eigenvalue weighted by Crippen LogP contribution is -2.30. The Morgan fingerprint density at radius 2 is 1.95 bits per heavy atom. The zero-order valence-corrected chi connectivity index (χ0v) is 15.1. The zero-order valence-electron chi connectivity index (χ0n) is 12.0. The number of amides is 1. The molecule has 1 aromatic carbocycles. The number of nitrogens with one attached hydrogen (secondary N) is 1. The van der Waals surface area contributed by atoms with Crippen LogP contribution in [0.15, 0.2) is 17.5 Å². The molecule has 0 spiro atoms. The van der Waals surface area contributed by atoms with Crippen LogP contribution in [0.25, 0.3) is 0 Å². The summed E-state index contributed by atoms with van der Waals surface area (Å²) < 4.78 is 0. The number of carbonyl (C=O) groups excluding carboxylic acids is 1. The third-order valence-corrected chi connectivity index (χ3v) is 4.42. The third kappa shape index (κ3) is 4.83. The van der Waals surface area contributed by atoms with Gasteiger partial charge in [0.05, 0.1) is 33.0 Å². The van der Waals surface area contributed by atoms with Gasteiger partial charge in [-0.1, -0.05) is 34.8 Å². The number of aromatic nitrogens is 1. The van der Waals surface area contributed by atoms with Gasteiger partial charge in [-0.15, -0.1) is 11.3 Å². The van der Waals surface area contributed by atoms with E-state index in [1.165, 1.54) is 12.1 Å². The number of benzene rings is 1. The van der Waals surface area contributed by atoms with Crippen LogP contribution in [-0.4, -0.2) is 29.4 Å². The lowest BCUT2D eigenvalue weighted by molar-refractivity contribution is -0.117. The number of hydrogen-bond acceptors (Lipinski definition) is 4.